The van der Waals surface area contributed by atoms with E-state index in [9.17, 15) is 0 Å². The minimum Gasteiger partial charge on any atom is -0.381 e. The SMILES string of the molecule is CCCNCC1(CN(C)CC2CCCC2)CCOC1. The van der Waals surface area contributed by atoms with Crippen LogP contribution in [0.4, 0.5) is 0 Å². The van der Waals surface area contributed by atoms with Gasteiger partial charge in [0, 0.05) is 31.7 Å². The molecule has 0 amide bonds. The fourth-order valence-corrected chi connectivity index (χ4v) is 3.77. The highest BCUT2D eigenvalue weighted by Crippen LogP contribution is 2.30. The van der Waals surface area contributed by atoms with Gasteiger partial charge in [0.05, 0.1) is 6.61 Å². The molecule has 1 N–H and O–H groups in total. The summed E-state index contributed by atoms with van der Waals surface area (Å²) in [6, 6.07) is 0. The Hall–Kier alpha value is -0.120. The number of hydrogen-bond donors (Lipinski definition) is 1. The minimum atomic E-state index is 0.364. The van der Waals surface area contributed by atoms with Crippen LogP contribution in [-0.2, 0) is 4.74 Å². The van der Waals surface area contributed by atoms with E-state index in [1.54, 1.807) is 0 Å². The fraction of sp³-hybridized carbons (Fsp3) is 1.00. The maximum atomic E-state index is 5.70. The third kappa shape index (κ3) is 4.73. The van der Waals surface area contributed by atoms with Crippen LogP contribution in [0.3, 0.4) is 0 Å². The second kappa shape index (κ2) is 7.61. The van der Waals surface area contributed by atoms with Crippen LogP contribution in [0, 0.1) is 11.3 Å². The smallest absolute Gasteiger partial charge is 0.0547 e. The van der Waals surface area contributed by atoms with Crippen LogP contribution in [0.1, 0.15) is 45.4 Å². The summed E-state index contributed by atoms with van der Waals surface area (Å²) < 4.78 is 5.70. The lowest BCUT2D eigenvalue weighted by atomic mass is 9.86. The van der Waals surface area contributed by atoms with Gasteiger partial charge in [0.15, 0.2) is 0 Å². The van der Waals surface area contributed by atoms with Gasteiger partial charge in [0.25, 0.3) is 0 Å². The Balaban J connectivity index is 1.77. The van der Waals surface area contributed by atoms with Crippen molar-refractivity contribution in [2.75, 3.05) is 46.4 Å². The van der Waals surface area contributed by atoms with E-state index in [0.717, 1.165) is 32.2 Å². The van der Waals surface area contributed by atoms with Crippen LogP contribution in [0.15, 0.2) is 0 Å². The largest absolute Gasteiger partial charge is 0.381 e. The molecule has 1 unspecified atom stereocenters. The molecule has 3 heteroatoms. The van der Waals surface area contributed by atoms with Crippen LogP contribution >= 0.6 is 0 Å². The molecule has 0 aromatic rings. The quantitative estimate of drug-likeness (QED) is 0.685. The molecule has 1 aliphatic carbocycles. The molecule has 2 aliphatic rings. The van der Waals surface area contributed by atoms with E-state index in [4.69, 9.17) is 4.74 Å². The summed E-state index contributed by atoms with van der Waals surface area (Å²) in [6.07, 6.45) is 8.23. The molecule has 2 rings (SSSR count). The van der Waals surface area contributed by atoms with Gasteiger partial charge in [-0.15, -0.1) is 0 Å². The maximum absolute atomic E-state index is 5.70. The second-order valence-electron chi connectivity index (χ2n) is 6.83. The van der Waals surface area contributed by atoms with Crippen molar-refractivity contribution in [2.45, 2.75) is 45.4 Å². The van der Waals surface area contributed by atoms with Crippen molar-refractivity contribution in [2.24, 2.45) is 11.3 Å². The number of ether oxygens (including phenoxy) is 1. The molecule has 19 heavy (non-hydrogen) atoms. The predicted molar refractivity (Wildman–Crippen MR) is 80.5 cm³/mol. The molecule has 112 valence electrons. The van der Waals surface area contributed by atoms with Gasteiger partial charge in [-0.3, -0.25) is 0 Å². The van der Waals surface area contributed by atoms with Crippen LogP contribution in [0.2, 0.25) is 0 Å². The highest BCUT2D eigenvalue weighted by molar-refractivity contribution is 4.88. The maximum Gasteiger partial charge on any atom is 0.0547 e. The van der Waals surface area contributed by atoms with Crippen molar-refractivity contribution >= 4 is 0 Å². The molecule has 1 atom stereocenters. The zero-order valence-corrected chi connectivity index (χ0v) is 12.9. The average molecular weight is 268 g/mol. The van der Waals surface area contributed by atoms with Crippen LogP contribution in [0.5, 0.6) is 0 Å². The second-order valence-corrected chi connectivity index (χ2v) is 6.83. The number of hydrogen-bond acceptors (Lipinski definition) is 3. The third-order valence-corrected chi connectivity index (χ3v) is 4.76. The van der Waals surface area contributed by atoms with E-state index in [2.05, 4.69) is 24.2 Å². The summed E-state index contributed by atoms with van der Waals surface area (Å²) in [7, 11) is 2.30. The zero-order chi connectivity index (χ0) is 13.6. The lowest BCUT2D eigenvalue weighted by Gasteiger charge is -2.33. The molecule has 0 radical (unpaired) electrons. The van der Waals surface area contributed by atoms with Gasteiger partial charge in [0.1, 0.15) is 0 Å². The number of nitrogens with zero attached hydrogens (tertiary/aromatic N) is 1. The predicted octanol–water partition coefficient (Wildman–Crippen LogP) is 2.51. The highest BCUT2D eigenvalue weighted by Gasteiger charge is 2.36. The van der Waals surface area contributed by atoms with Crippen molar-refractivity contribution in [3.05, 3.63) is 0 Å². The normalized spacial score (nSPS) is 28.6. The Morgan fingerprint density at radius 1 is 1.32 bits per heavy atom. The van der Waals surface area contributed by atoms with E-state index < -0.39 is 0 Å². The lowest BCUT2D eigenvalue weighted by molar-refractivity contribution is 0.112. The first-order valence-corrected chi connectivity index (χ1v) is 8.21. The van der Waals surface area contributed by atoms with Gasteiger partial charge in [-0.25, -0.2) is 0 Å². The highest BCUT2D eigenvalue weighted by atomic mass is 16.5. The summed E-state index contributed by atoms with van der Waals surface area (Å²) in [5, 5.41) is 3.61. The van der Waals surface area contributed by atoms with E-state index in [0.29, 0.717) is 5.41 Å². The van der Waals surface area contributed by atoms with Crippen molar-refractivity contribution < 1.29 is 4.74 Å². The number of rotatable bonds is 8. The van der Waals surface area contributed by atoms with Gasteiger partial charge >= 0.3 is 0 Å². The molecule has 0 bridgehead atoms. The van der Waals surface area contributed by atoms with E-state index in [1.165, 1.54) is 51.6 Å². The van der Waals surface area contributed by atoms with Crippen molar-refractivity contribution in [1.82, 2.24) is 10.2 Å². The zero-order valence-electron chi connectivity index (χ0n) is 12.9. The molecule has 1 aliphatic heterocycles. The Labute approximate surface area is 119 Å². The first-order valence-electron chi connectivity index (χ1n) is 8.21. The average Bonchev–Trinajstić information content (AvgIpc) is 3.02. The first-order chi connectivity index (χ1) is 9.24. The first kappa shape index (κ1) is 15.3. The minimum absolute atomic E-state index is 0.364. The third-order valence-electron chi connectivity index (χ3n) is 4.76. The fourth-order valence-electron chi connectivity index (χ4n) is 3.77. The van der Waals surface area contributed by atoms with Gasteiger partial charge in [-0.05, 0) is 45.2 Å². The van der Waals surface area contributed by atoms with Crippen LogP contribution in [0.25, 0.3) is 0 Å². The Bertz CT molecular complexity index is 245. The van der Waals surface area contributed by atoms with Gasteiger partial charge < -0.3 is 15.0 Å². The van der Waals surface area contributed by atoms with Crippen molar-refractivity contribution in [1.29, 1.82) is 0 Å². The summed E-state index contributed by atoms with van der Waals surface area (Å²) in [5.41, 5.74) is 0.364. The standard InChI is InChI=1S/C16H32N2O/c1-3-9-17-12-16(8-10-19-14-16)13-18(2)11-15-6-4-5-7-15/h15,17H,3-14H2,1-2H3. The molecule has 0 aromatic heterocycles. The number of nitrogens with one attached hydrogen (secondary N) is 1. The summed E-state index contributed by atoms with van der Waals surface area (Å²) in [6.45, 7) is 8.86. The van der Waals surface area contributed by atoms with Crippen LogP contribution in [-0.4, -0.2) is 51.3 Å². The summed E-state index contributed by atoms with van der Waals surface area (Å²) in [4.78, 5) is 2.57. The molecule has 1 heterocycles. The van der Waals surface area contributed by atoms with Crippen LogP contribution < -0.4 is 5.32 Å². The molecule has 0 aromatic carbocycles. The molecule has 3 nitrogen and oxygen atoms in total. The van der Waals surface area contributed by atoms with Crippen molar-refractivity contribution in [3.63, 3.8) is 0 Å². The molecule has 0 spiro atoms. The monoisotopic (exact) mass is 268 g/mol. The van der Waals surface area contributed by atoms with Gasteiger partial charge in [-0.2, -0.15) is 0 Å². The molecule has 2 fully saturated rings. The van der Waals surface area contributed by atoms with E-state index in [-0.39, 0.29) is 0 Å². The van der Waals surface area contributed by atoms with E-state index >= 15 is 0 Å². The Morgan fingerprint density at radius 2 is 2.11 bits per heavy atom. The van der Waals surface area contributed by atoms with E-state index in [1.807, 2.05) is 0 Å². The summed E-state index contributed by atoms with van der Waals surface area (Å²) >= 11 is 0. The Kier molecular flexibility index (Phi) is 6.11. The lowest BCUT2D eigenvalue weighted by Crippen LogP contribution is -2.44. The van der Waals surface area contributed by atoms with Gasteiger partial charge in [-0.1, -0.05) is 19.8 Å². The molecular weight excluding hydrogens is 236 g/mol. The molecule has 1 saturated carbocycles. The van der Waals surface area contributed by atoms with Gasteiger partial charge in [0.2, 0.25) is 0 Å². The molecular formula is C16H32N2O. The Morgan fingerprint density at radius 3 is 2.74 bits per heavy atom. The topological polar surface area (TPSA) is 24.5 Å². The van der Waals surface area contributed by atoms with Crippen molar-refractivity contribution in [3.8, 4) is 0 Å². The summed E-state index contributed by atoms with van der Waals surface area (Å²) in [5.74, 6) is 0.952. The molecule has 1 saturated heterocycles.